The molecule has 6 heteroatoms. The number of hydrogen-bond donors (Lipinski definition) is 0. The van der Waals surface area contributed by atoms with Crippen LogP contribution in [0.5, 0.6) is 0 Å². The number of fused-ring (bicyclic) bond motifs is 1. The molecular weight excluding hydrogens is 333 g/mol. The molecule has 1 amide bonds. The van der Waals surface area contributed by atoms with Crippen molar-refractivity contribution < 1.29 is 9.18 Å². The van der Waals surface area contributed by atoms with E-state index in [9.17, 15) is 14.0 Å². The Kier molecular flexibility index (Phi) is 4.84. The second-order valence-corrected chi connectivity index (χ2v) is 6.38. The zero-order valence-corrected chi connectivity index (χ0v) is 14.9. The summed E-state index contributed by atoms with van der Waals surface area (Å²) in [5.74, 6) is -0.545. The molecule has 0 aliphatic heterocycles. The summed E-state index contributed by atoms with van der Waals surface area (Å²) < 4.78 is 14.4. The third kappa shape index (κ3) is 3.35. The van der Waals surface area contributed by atoms with Crippen molar-refractivity contribution in [3.05, 3.63) is 76.1 Å². The smallest absolute Gasteiger partial charge is 0.261 e. The molecule has 0 saturated carbocycles. The van der Waals surface area contributed by atoms with Crippen LogP contribution in [0.1, 0.15) is 24.1 Å². The summed E-state index contributed by atoms with van der Waals surface area (Å²) >= 11 is 0. The van der Waals surface area contributed by atoms with Gasteiger partial charge in [-0.05, 0) is 43.2 Å². The summed E-state index contributed by atoms with van der Waals surface area (Å²) in [5, 5.41) is 0.495. The molecule has 0 bridgehead atoms. The maximum atomic E-state index is 13.1. The number of aromatic nitrogens is 2. The highest BCUT2D eigenvalue weighted by Gasteiger charge is 2.19. The van der Waals surface area contributed by atoms with Gasteiger partial charge in [-0.1, -0.05) is 24.3 Å². The van der Waals surface area contributed by atoms with Crippen molar-refractivity contribution in [2.45, 2.75) is 26.4 Å². The molecule has 5 nitrogen and oxygen atoms in total. The predicted molar refractivity (Wildman–Crippen MR) is 98.3 cm³/mol. The van der Waals surface area contributed by atoms with E-state index in [1.807, 2.05) is 19.9 Å². The summed E-state index contributed by atoms with van der Waals surface area (Å²) in [5.41, 5.74) is 2.14. The fourth-order valence-electron chi connectivity index (χ4n) is 2.89. The summed E-state index contributed by atoms with van der Waals surface area (Å²) in [4.78, 5) is 31.1. The first-order valence-electron chi connectivity index (χ1n) is 8.34. The van der Waals surface area contributed by atoms with Crippen LogP contribution in [0.25, 0.3) is 10.9 Å². The lowest BCUT2D eigenvalue weighted by Crippen LogP contribution is -2.35. The van der Waals surface area contributed by atoms with Crippen molar-refractivity contribution in [3.63, 3.8) is 0 Å². The second kappa shape index (κ2) is 7.07. The highest BCUT2D eigenvalue weighted by atomic mass is 19.1. The molecule has 0 radical (unpaired) electrons. The van der Waals surface area contributed by atoms with E-state index in [1.54, 1.807) is 36.2 Å². The molecular formula is C20H20FN3O2. The largest absolute Gasteiger partial charge is 0.337 e. The van der Waals surface area contributed by atoms with Gasteiger partial charge in [-0.3, -0.25) is 14.2 Å². The Morgan fingerprint density at radius 2 is 1.92 bits per heavy atom. The van der Waals surface area contributed by atoms with Gasteiger partial charge in [0.25, 0.3) is 5.56 Å². The minimum atomic E-state index is -0.320. The molecule has 0 saturated heterocycles. The number of nitrogens with zero attached hydrogens (tertiary/aromatic N) is 3. The number of rotatable bonds is 4. The monoisotopic (exact) mass is 353 g/mol. The molecule has 3 rings (SSSR count). The first-order valence-corrected chi connectivity index (χ1v) is 8.34. The number of halogens is 1. The molecule has 0 N–H and O–H groups in total. The Morgan fingerprint density at radius 3 is 2.62 bits per heavy atom. The van der Waals surface area contributed by atoms with Crippen LogP contribution in [-0.2, 0) is 11.3 Å². The second-order valence-electron chi connectivity index (χ2n) is 6.38. The number of benzene rings is 2. The topological polar surface area (TPSA) is 55.2 Å². The number of carbonyl (C=O) groups excluding carboxylic acids is 1. The van der Waals surface area contributed by atoms with Crippen LogP contribution in [0, 0.1) is 12.7 Å². The average Bonchev–Trinajstić information content (AvgIpc) is 2.64. The molecule has 1 unspecified atom stereocenters. The van der Waals surface area contributed by atoms with Gasteiger partial charge in [0.05, 0.1) is 23.3 Å². The summed E-state index contributed by atoms with van der Waals surface area (Å²) in [6.07, 6.45) is 1.41. The first kappa shape index (κ1) is 17.8. The molecule has 0 aliphatic rings. The standard InChI is InChI=1S/C20H20FN3O2/c1-13-5-4-6-17-19(13)22-12-24(20(17)26)11-18(25)23(3)14(2)15-7-9-16(21)10-8-15/h4-10,12,14H,11H2,1-3H3. The summed E-state index contributed by atoms with van der Waals surface area (Å²) in [7, 11) is 1.67. The van der Waals surface area contributed by atoms with Gasteiger partial charge in [0, 0.05) is 7.05 Å². The lowest BCUT2D eigenvalue weighted by atomic mass is 10.1. The van der Waals surface area contributed by atoms with Crippen molar-refractivity contribution >= 4 is 16.8 Å². The van der Waals surface area contributed by atoms with Crippen LogP contribution < -0.4 is 5.56 Å². The Hall–Kier alpha value is -3.02. The molecule has 1 atom stereocenters. The van der Waals surface area contributed by atoms with Crippen molar-refractivity contribution in [2.75, 3.05) is 7.05 Å². The van der Waals surface area contributed by atoms with E-state index in [1.165, 1.54) is 23.0 Å². The van der Waals surface area contributed by atoms with E-state index < -0.39 is 0 Å². The summed E-state index contributed by atoms with van der Waals surface area (Å²) in [6.45, 7) is 3.65. The Labute approximate surface area is 150 Å². The molecule has 1 aromatic heterocycles. The fourth-order valence-corrected chi connectivity index (χ4v) is 2.89. The van der Waals surface area contributed by atoms with Crippen molar-refractivity contribution in [2.24, 2.45) is 0 Å². The van der Waals surface area contributed by atoms with Crippen LogP contribution in [0.2, 0.25) is 0 Å². The van der Waals surface area contributed by atoms with Crippen LogP contribution >= 0.6 is 0 Å². The van der Waals surface area contributed by atoms with E-state index in [4.69, 9.17) is 0 Å². The quantitative estimate of drug-likeness (QED) is 0.724. The van der Waals surface area contributed by atoms with Crippen LogP contribution in [0.15, 0.2) is 53.6 Å². The zero-order chi connectivity index (χ0) is 18.8. The van der Waals surface area contributed by atoms with E-state index in [-0.39, 0.29) is 29.9 Å². The SMILES string of the molecule is Cc1cccc2c(=O)n(CC(=O)N(C)C(C)c3ccc(F)cc3)cnc12. The molecule has 3 aromatic rings. The van der Waals surface area contributed by atoms with Gasteiger partial charge >= 0.3 is 0 Å². The Bertz CT molecular complexity index is 1010. The number of hydrogen-bond acceptors (Lipinski definition) is 3. The molecule has 26 heavy (non-hydrogen) atoms. The van der Waals surface area contributed by atoms with Crippen LogP contribution in [0.4, 0.5) is 4.39 Å². The van der Waals surface area contributed by atoms with Gasteiger partial charge in [-0.15, -0.1) is 0 Å². The number of likely N-dealkylation sites (N-methyl/N-ethyl adjacent to an activating group) is 1. The predicted octanol–water partition coefficient (Wildman–Crippen LogP) is 3.06. The molecule has 0 aliphatic carbocycles. The lowest BCUT2D eigenvalue weighted by Gasteiger charge is -2.25. The van der Waals surface area contributed by atoms with Gasteiger partial charge in [0.2, 0.25) is 5.91 Å². The van der Waals surface area contributed by atoms with Crippen LogP contribution in [-0.4, -0.2) is 27.4 Å². The van der Waals surface area contributed by atoms with E-state index >= 15 is 0 Å². The third-order valence-electron chi connectivity index (χ3n) is 4.69. The van der Waals surface area contributed by atoms with E-state index in [0.29, 0.717) is 10.9 Å². The number of aryl methyl sites for hydroxylation is 1. The van der Waals surface area contributed by atoms with Crippen molar-refractivity contribution in [1.82, 2.24) is 14.5 Å². The van der Waals surface area contributed by atoms with E-state index in [0.717, 1.165) is 11.1 Å². The van der Waals surface area contributed by atoms with Gasteiger partial charge in [0.1, 0.15) is 12.4 Å². The number of amides is 1. The normalized spacial score (nSPS) is 12.2. The third-order valence-corrected chi connectivity index (χ3v) is 4.69. The molecule has 2 aromatic carbocycles. The first-order chi connectivity index (χ1) is 12.4. The van der Waals surface area contributed by atoms with Gasteiger partial charge in [-0.25, -0.2) is 9.37 Å². The molecule has 134 valence electrons. The maximum absolute atomic E-state index is 13.1. The molecule has 0 fully saturated rings. The van der Waals surface area contributed by atoms with E-state index in [2.05, 4.69) is 4.98 Å². The number of para-hydroxylation sites is 1. The lowest BCUT2D eigenvalue weighted by molar-refractivity contribution is -0.132. The Morgan fingerprint density at radius 1 is 1.23 bits per heavy atom. The van der Waals surface area contributed by atoms with Gasteiger partial charge in [0.15, 0.2) is 0 Å². The Balaban J connectivity index is 1.83. The van der Waals surface area contributed by atoms with Crippen molar-refractivity contribution in [1.29, 1.82) is 0 Å². The highest BCUT2D eigenvalue weighted by molar-refractivity contribution is 5.81. The van der Waals surface area contributed by atoms with Crippen LogP contribution in [0.3, 0.4) is 0 Å². The highest BCUT2D eigenvalue weighted by Crippen LogP contribution is 2.19. The van der Waals surface area contributed by atoms with Gasteiger partial charge < -0.3 is 4.90 Å². The maximum Gasteiger partial charge on any atom is 0.261 e. The average molecular weight is 353 g/mol. The number of carbonyl (C=O) groups is 1. The molecule has 1 heterocycles. The minimum absolute atomic E-state index is 0.0995. The fraction of sp³-hybridized carbons (Fsp3) is 0.250. The minimum Gasteiger partial charge on any atom is -0.337 e. The van der Waals surface area contributed by atoms with Gasteiger partial charge in [-0.2, -0.15) is 0 Å². The zero-order valence-electron chi connectivity index (χ0n) is 14.9. The van der Waals surface area contributed by atoms with Crippen molar-refractivity contribution in [3.8, 4) is 0 Å². The molecule has 0 spiro atoms. The summed E-state index contributed by atoms with van der Waals surface area (Å²) in [6, 6.07) is 11.2.